The lowest BCUT2D eigenvalue weighted by atomic mass is 10.00. The number of rotatable bonds is 5. The number of hydrogen-bond donors (Lipinski definition) is 1. The quantitative estimate of drug-likeness (QED) is 0.493. The SMILES string of the molecule is CCCNC/C(C)=C(/C)C(C)C. The molecule has 0 aliphatic carbocycles. The molecule has 0 saturated heterocycles. The third-order valence-corrected chi connectivity index (χ3v) is 2.36. The summed E-state index contributed by atoms with van der Waals surface area (Å²) in [5.41, 5.74) is 3.03. The Bertz CT molecular complexity index is 145. The summed E-state index contributed by atoms with van der Waals surface area (Å²) in [4.78, 5) is 0. The highest BCUT2D eigenvalue weighted by atomic mass is 14.8. The van der Waals surface area contributed by atoms with Gasteiger partial charge in [-0.25, -0.2) is 0 Å². The van der Waals surface area contributed by atoms with E-state index in [2.05, 4.69) is 39.9 Å². The molecule has 0 unspecified atom stereocenters. The maximum atomic E-state index is 3.41. The van der Waals surface area contributed by atoms with Crippen molar-refractivity contribution >= 4 is 0 Å². The summed E-state index contributed by atoms with van der Waals surface area (Å²) in [6.45, 7) is 13.3. The molecule has 0 amide bonds. The largest absolute Gasteiger partial charge is 0.313 e. The minimum absolute atomic E-state index is 0.688. The summed E-state index contributed by atoms with van der Waals surface area (Å²) < 4.78 is 0. The van der Waals surface area contributed by atoms with E-state index >= 15 is 0 Å². The second-order valence-corrected chi connectivity index (χ2v) is 3.79. The van der Waals surface area contributed by atoms with E-state index < -0.39 is 0 Å². The van der Waals surface area contributed by atoms with Gasteiger partial charge in [0.2, 0.25) is 0 Å². The second-order valence-electron chi connectivity index (χ2n) is 3.79. The molecule has 1 nitrogen and oxygen atoms in total. The lowest BCUT2D eigenvalue weighted by Gasteiger charge is -2.11. The summed E-state index contributed by atoms with van der Waals surface area (Å²) in [6, 6.07) is 0. The first-order valence-corrected chi connectivity index (χ1v) is 4.96. The van der Waals surface area contributed by atoms with E-state index in [0.717, 1.165) is 13.1 Å². The third-order valence-electron chi connectivity index (χ3n) is 2.36. The minimum Gasteiger partial charge on any atom is -0.313 e. The average molecular weight is 169 g/mol. The molecule has 0 radical (unpaired) electrons. The van der Waals surface area contributed by atoms with E-state index in [0.29, 0.717) is 5.92 Å². The maximum Gasteiger partial charge on any atom is 0.0164 e. The number of hydrogen-bond acceptors (Lipinski definition) is 1. The van der Waals surface area contributed by atoms with Gasteiger partial charge in [0.1, 0.15) is 0 Å². The van der Waals surface area contributed by atoms with Crippen LogP contribution in [-0.4, -0.2) is 13.1 Å². The first kappa shape index (κ1) is 11.7. The zero-order valence-electron chi connectivity index (χ0n) is 9.20. The highest BCUT2D eigenvalue weighted by Gasteiger charge is 2.00. The molecule has 0 bridgehead atoms. The van der Waals surface area contributed by atoms with E-state index in [1.807, 2.05) is 0 Å². The van der Waals surface area contributed by atoms with Crippen molar-refractivity contribution in [3.63, 3.8) is 0 Å². The van der Waals surface area contributed by atoms with Gasteiger partial charge < -0.3 is 5.32 Å². The van der Waals surface area contributed by atoms with E-state index in [1.165, 1.54) is 17.6 Å². The fourth-order valence-corrected chi connectivity index (χ4v) is 1.08. The molecule has 0 aromatic rings. The molecule has 0 saturated carbocycles. The van der Waals surface area contributed by atoms with Crippen LogP contribution in [0, 0.1) is 5.92 Å². The van der Waals surface area contributed by atoms with Crippen LogP contribution in [0.5, 0.6) is 0 Å². The lowest BCUT2D eigenvalue weighted by molar-refractivity contribution is 0.689. The summed E-state index contributed by atoms with van der Waals surface area (Å²) in [5.74, 6) is 0.688. The monoisotopic (exact) mass is 169 g/mol. The molecule has 0 fully saturated rings. The molecule has 0 aromatic carbocycles. The zero-order chi connectivity index (χ0) is 9.56. The smallest absolute Gasteiger partial charge is 0.0164 e. The van der Waals surface area contributed by atoms with Gasteiger partial charge in [0, 0.05) is 6.54 Å². The van der Waals surface area contributed by atoms with Crippen molar-refractivity contribution in [1.82, 2.24) is 5.32 Å². The Hall–Kier alpha value is -0.300. The van der Waals surface area contributed by atoms with Gasteiger partial charge in [0.15, 0.2) is 0 Å². The topological polar surface area (TPSA) is 12.0 Å². The second kappa shape index (κ2) is 6.24. The molecule has 0 aromatic heterocycles. The zero-order valence-corrected chi connectivity index (χ0v) is 9.20. The average Bonchev–Trinajstić information content (AvgIpc) is 2.03. The summed E-state index contributed by atoms with van der Waals surface area (Å²) in [7, 11) is 0. The van der Waals surface area contributed by atoms with E-state index in [4.69, 9.17) is 0 Å². The maximum absolute atomic E-state index is 3.41. The Kier molecular flexibility index (Phi) is 6.09. The van der Waals surface area contributed by atoms with Gasteiger partial charge in [-0.3, -0.25) is 0 Å². The molecule has 0 rings (SSSR count). The van der Waals surface area contributed by atoms with Crippen LogP contribution in [0.15, 0.2) is 11.1 Å². The van der Waals surface area contributed by atoms with Crippen molar-refractivity contribution in [3.8, 4) is 0 Å². The molecule has 72 valence electrons. The van der Waals surface area contributed by atoms with Gasteiger partial charge in [-0.15, -0.1) is 0 Å². The lowest BCUT2D eigenvalue weighted by Crippen LogP contribution is -2.18. The summed E-state index contributed by atoms with van der Waals surface area (Å²) in [5, 5.41) is 3.41. The van der Waals surface area contributed by atoms with Crippen LogP contribution in [0.25, 0.3) is 0 Å². The standard InChI is InChI=1S/C11H23N/c1-6-7-12-8-10(4)11(5)9(2)3/h9,12H,6-8H2,1-5H3/b11-10-. The van der Waals surface area contributed by atoms with Gasteiger partial charge in [-0.1, -0.05) is 31.9 Å². The van der Waals surface area contributed by atoms with Crippen molar-refractivity contribution in [2.24, 2.45) is 5.92 Å². The Morgan fingerprint density at radius 1 is 1.25 bits per heavy atom. The van der Waals surface area contributed by atoms with Crippen molar-refractivity contribution in [3.05, 3.63) is 11.1 Å². The molecule has 0 aliphatic heterocycles. The van der Waals surface area contributed by atoms with Crippen LogP contribution < -0.4 is 5.32 Å². The van der Waals surface area contributed by atoms with Crippen LogP contribution in [0.1, 0.15) is 41.0 Å². The number of allylic oxidation sites excluding steroid dienone is 1. The highest BCUT2D eigenvalue weighted by molar-refractivity contribution is 5.12. The molecule has 0 heterocycles. The van der Waals surface area contributed by atoms with Crippen LogP contribution in [-0.2, 0) is 0 Å². The highest BCUT2D eigenvalue weighted by Crippen LogP contribution is 2.12. The van der Waals surface area contributed by atoms with Crippen molar-refractivity contribution in [1.29, 1.82) is 0 Å². The van der Waals surface area contributed by atoms with Gasteiger partial charge in [0.25, 0.3) is 0 Å². The predicted molar refractivity (Wildman–Crippen MR) is 56.4 cm³/mol. The molecule has 1 heteroatoms. The van der Waals surface area contributed by atoms with Crippen LogP contribution in [0.2, 0.25) is 0 Å². The molecule has 12 heavy (non-hydrogen) atoms. The van der Waals surface area contributed by atoms with E-state index in [1.54, 1.807) is 0 Å². The van der Waals surface area contributed by atoms with Gasteiger partial charge >= 0.3 is 0 Å². The predicted octanol–water partition coefficient (Wildman–Crippen LogP) is 2.98. The van der Waals surface area contributed by atoms with Gasteiger partial charge in [-0.2, -0.15) is 0 Å². The third kappa shape index (κ3) is 4.55. The van der Waals surface area contributed by atoms with Gasteiger partial charge in [0.05, 0.1) is 0 Å². The molecule has 1 N–H and O–H groups in total. The number of nitrogens with one attached hydrogen (secondary N) is 1. The van der Waals surface area contributed by atoms with Crippen molar-refractivity contribution < 1.29 is 0 Å². The Labute approximate surface area is 77.2 Å². The molecule has 0 spiro atoms. The fourth-order valence-electron chi connectivity index (χ4n) is 1.08. The fraction of sp³-hybridized carbons (Fsp3) is 0.818. The van der Waals surface area contributed by atoms with Crippen molar-refractivity contribution in [2.75, 3.05) is 13.1 Å². The molecule has 0 atom stereocenters. The summed E-state index contributed by atoms with van der Waals surface area (Å²) >= 11 is 0. The van der Waals surface area contributed by atoms with Crippen LogP contribution in [0.3, 0.4) is 0 Å². The van der Waals surface area contributed by atoms with Crippen LogP contribution >= 0.6 is 0 Å². The first-order valence-electron chi connectivity index (χ1n) is 4.96. The van der Waals surface area contributed by atoms with Crippen molar-refractivity contribution in [2.45, 2.75) is 41.0 Å². The first-order chi connectivity index (χ1) is 5.59. The van der Waals surface area contributed by atoms with E-state index in [9.17, 15) is 0 Å². The Morgan fingerprint density at radius 3 is 2.25 bits per heavy atom. The minimum atomic E-state index is 0.688. The normalized spacial score (nSPS) is 13.5. The molecular formula is C11H23N. The molecule has 0 aliphatic rings. The van der Waals surface area contributed by atoms with Gasteiger partial charge in [-0.05, 0) is 32.7 Å². The Morgan fingerprint density at radius 2 is 1.83 bits per heavy atom. The summed E-state index contributed by atoms with van der Waals surface area (Å²) in [6.07, 6.45) is 1.22. The van der Waals surface area contributed by atoms with E-state index in [-0.39, 0.29) is 0 Å². The molecular weight excluding hydrogens is 146 g/mol. The van der Waals surface area contributed by atoms with Crippen LogP contribution in [0.4, 0.5) is 0 Å². The Balaban J connectivity index is 3.83.